The molecule has 0 bridgehead atoms. The van der Waals surface area contributed by atoms with Crippen molar-refractivity contribution in [2.45, 2.75) is 38.3 Å². The molecular formula is C15H20NO3PSTl. The van der Waals surface area contributed by atoms with Gasteiger partial charge in [0.05, 0.1) is 24.3 Å². The molecule has 1 unspecified atom stereocenters. The van der Waals surface area contributed by atoms with Crippen LogP contribution in [0.15, 0.2) is 18.2 Å². The molecule has 1 fully saturated rings. The average molecular weight is 529 g/mol. The van der Waals surface area contributed by atoms with Gasteiger partial charge in [0.25, 0.3) is 0 Å². The molecule has 117 valence electrons. The van der Waals surface area contributed by atoms with Crippen LogP contribution in [0.3, 0.4) is 0 Å². The molecule has 0 aromatic heterocycles. The Morgan fingerprint density at radius 3 is 3.09 bits per heavy atom. The van der Waals surface area contributed by atoms with Gasteiger partial charge in [0, 0.05) is 40.3 Å². The van der Waals surface area contributed by atoms with Crippen molar-refractivity contribution in [1.82, 2.24) is 4.90 Å². The van der Waals surface area contributed by atoms with Gasteiger partial charge in [-0.05, 0) is 44.5 Å². The van der Waals surface area contributed by atoms with Crippen LogP contribution in [0.1, 0.15) is 37.0 Å². The predicted octanol–water partition coefficient (Wildman–Crippen LogP) is 2.75. The van der Waals surface area contributed by atoms with Crippen LogP contribution in [-0.4, -0.2) is 57.3 Å². The van der Waals surface area contributed by atoms with Crippen LogP contribution in [0, 0.1) is 0 Å². The molecule has 4 nitrogen and oxygen atoms in total. The van der Waals surface area contributed by atoms with Crippen molar-refractivity contribution in [3.05, 3.63) is 29.3 Å². The molecule has 1 saturated heterocycles. The maximum atomic E-state index is 12.1. The van der Waals surface area contributed by atoms with E-state index in [1.807, 2.05) is 17.9 Å². The number of carbonyl (C=O) groups is 1. The smallest absolute Gasteiger partial charge is 0.222 e. The van der Waals surface area contributed by atoms with E-state index < -0.39 is 0 Å². The fraction of sp³-hybridized carbons (Fsp3) is 0.533. The second-order valence-electron chi connectivity index (χ2n) is 5.38. The SMILES string of the molecule is [11CH3]CC(=O)N1CCO[C@@H]2c3cc(OSP)ccc3CC[C@H]21.[Tl]. The van der Waals surface area contributed by atoms with Crippen molar-refractivity contribution in [2.75, 3.05) is 13.2 Å². The minimum atomic E-state index is -0.0175. The molecule has 0 spiro atoms. The fourth-order valence-electron chi connectivity index (χ4n) is 3.31. The molecular weight excluding hydrogens is 509 g/mol. The molecule has 1 radical (unpaired) electrons. The van der Waals surface area contributed by atoms with Crippen LogP contribution in [0.5, 0.6) is 5.75 Å². The van der Waals surface area contributed by atoms with Gasteiger partial charge in [-0.2, -0.15) is 0 Å². The Labute approximate surface area is 158 Å². The summed E-state index contributed by atoms with van der Waals surface area (Å²) in [5, 5.41) is 0. The van der Waals surface area contributed by atoms with Crippen LogP contribution >= 0.6 is 20.1 Å². The number of benzene rings is 1. The third-order valence-corrected chi connectivity index (χ3v) is 4.86. The number of ether oxygens (including phenoxy) is 1. The quantitative estimate of drug-likeness (QED) is 0.344. The summed E-state index contributed by atoms with van der Waals surface area (Å²) in [5.74, 6) is 1.06. The van der Waals surface area contributed by atoms with Crippen LogP contribution in [-0.2, 0) is 16.0 Å². The topological polar surface area (TPSA) is 38.8 Å². The van der Waals surface area contributed by atoms with Gasteiger partial charge < -0.3 is 13.8 Å². The summed E-state index contributed by atoms with van der Waals surface area (Å²) in [6.45, 7) is 3.24. The van der Waals surface area contributed by atoms with Crippen LogP contribution in [0.4, 0.5) is 0 Å². The maximum absolute atomic E-state index is 12.1. The fourth-order valence-corrected chi connectivity index (χ4v) is 3.86. The number of amides is 1. The molecule has 2 aliphatic rings. The Hall–Kier alpha value is 0.152. The van der Waals surface area contributed by atoms with Crippen LogP contribution < -0.4 is 4.18 Å². The van der Waals surface area contributed by atoms with Crippen LogP contribution in [0.2, 0.25) is 0 Å². The van der Waals surface area contributed by atoms with Crippen LogP contribution in [0.25, 0.3) is 0 Å². The van der Waals surface area contributed by atoms with E-state index in [1.54, 1.807) is 0 Å². The number of carbonyl (C=O) groups excluding carboxylic acids is 1. The van der Waals surface area contributed by atoms with E-state index in [0.717, 1.165) is 18.6 Å². The average Bonchev–Trinajstić information content (AvgIpc) is 2.53. The minimum absolute atomic E-state index is 0. The van der Waals surface area contributed by atoms with E-state index in [9.17, 15) is 4.79 Å². The van der Waals surface area contributed by atoms with E-state index in [0.29, 0.717) is 19.6 Å². The maximum Gasteiger partial charge on any atom is 0.222 e. The van der Waals surface area contributed by atoms with E-state index >= 15 is 0 Å². The summed E-state index contributed by atoms with van der Waals surface area (Å²) in [6.07, 6.45) is 2.50. The summed E-state index contributed by atoms with van der Waals surface area (Å²) >= 11 is 1.26. The molecule has 3 atom stereocenters. The molecule has 0 N–H and O–H groups in total. The zero-order chi connectivity index (χ0) is 14.8. The van der Waals surface area contributed by atoms with Crippen molar-refractivity contribution in [2.24, 2.45) is 0 Å². The third kappa shape index (κ3) is 3.63. The monoisotopic (exact) mass is 529 g/mol. The Morgan fingerprint density at radius 1 is 1.55 bits per heavy atom. The van der Waals surface area contributed by atoms with Crippen molar-refractivity contribution in [3.8, 4) is 5.75 Å². The number of morpholine rings is 1. The normalized spacial score (nSPS) is 23.1. The third-order valence-electron chi connectivity index (χ3n) is 4.28. The number of fused-ring (bicyclic) bond motifs is 3. The van der Waals surface area contributed by atoms with Crippen molar-refractivity contribution in [3.63, 3.8) is 0 Å². The van der Waals surface area contributed by atoms with E-state index in [4.69, 9.17) is 8.92 Å². The first-order chi connectivity index (χ1) is 10.2. The first-order valence-corrected chi connectivity index (χ1v) is 9.53. The summed E-state index contributed by atoms with van der Waals surface area (Å²) in [5.41, 5.74) is 2.49. The number of nitrogens with zero attached hydrogens (tertiary/aromatic N) is 1. The Balaban J connectivity index is 0.00000176. The van der Waals surface area contributed by atoms with Gasteiger partial charge in [0.1, 0.15) is 11.9 Å². The molecule has 1 aromatic carbocycles. The Bertz CT molecular complexity index is 546. The number of aryl methyl sites for hydroxylation is 1. The zero-order valence-electron chi connectivity index (χ0n) is 12.7. The van der Waals surface area contributed by atoms with Gasteiger partial charge in [0.2, 0.25) is 5.91 Å². The van der Waals surface area contributed by atoms with Gasteiger partial charge >= 0.3 is 0 Å². The molecule has 3 rings (SSSR count). The standard InChI is InChI=1S/C15H20NO3PS.Tl/c1-2-14(17)16-7-8-18-15-12-9-11(19-21-20)5-3-10(12)4-6-13(15)16;/h3,5,9,13,15H,2,4,6-8,20H2,1H3;/t13-,15-;/m1./s1/i1-1;. The van der Waals surface area contributed by atoms with Gasteiger partial charge in [-0.25, -0.2) is 0 Å². The van der Waals surface area contributed by atoms with Gasteiger partial charge in [-0.1, -0.05) is 13.0 Å². The summed E-state index contributed by atoms with van der Waals surface area (Å²) in [6, 6.07) is 6.33. The van der Waals surface area contributed by atoms with Gasteiger partial charge in [-0.3, -0.25) is 4.79 Å². The first kappa shape index (κ1) is 18.5. The number of hydrogen-bond acceptors (Lipinski definition) is 4. The summed E-state index contributed by atoms with van der Waals surface area (Å²) in [7, 11) is 2.48. The molecule has 22 heavy (non-hydrogen) atoms. The van der Waals surface area contributed by atoms with Crippen molar-refractivity contribution < 1.29 is 13.7 Å². The summed E-state index contributed by atoms with van der Waals surface area (Å²) in [4.78, 5) is 14.2. The summed E-state index contributed by atoms with van der Waals surface area (Å²) < 4.78 is 11.5. The molecule has 1 heterocycles. The number of hydrogen-bond donors (Lipinski definition) is 0. The van der Waals surface area contributed by atoms with Gasteiger partial charge in [-0.15, -0.1) is 0 Å². The zero-order valence-corrected chi connectivity index (χ0v) is 19.1. The van der Waals surface area contributed by atoms with Crippen molar-refractivity contribution >= 4 is 53.3 Å². The molecule has 1 aromatic rings. The van der Waals surface area contributed by atoms with E-state index in [2.05, 4.69) is 20.6 Å². The predicted molar refractivity (Wildman–Crippen MR) is 92.9 cm³/mol. The van der Waals surface area contributed by atoms with E-state index in [-0.39, 0.29) is 45.4 Å². The number of rotatable bonds is 3. The molecule has 1 aliphatic carbocycles. The second kappa shape index (κ2) is 8.31. The van der Waals surface area contributed by atoms with E-state index in [1.165, 1.54) is 22.8 Å². The molecule has 1 amide bonds. The Kier molecular flexibility index (Phi) is 6.98. The molecule has 7 heteroatoms. The minimum Gasteiger partial charge on any atom is -0.422 e. The first-order valence-electron chi connectivity index (χ1n) is 7.32. The van der Waals surface area contributed by atoms with Crippen molar-refractivity contribution in [1.29, 1.82) is 0 Å². The molecule has 0 saturated carbocycles. The second-order valence-corrected chi connectivity index (χ2v) is 6.31. The Morgan fingerprint density at radius 2 is 2.36 bits per heavy atom. The molecule has 1 aliphatic heterocycles. The van der Waals surface area contributed by atoms with Gasteiger partial charge in [0.15, 0.2) is 0 Å². The largest absolute Gasteiger partial charge is 0.422 e.